The van der Waals surface area contributed by atoms with Crippen LogP contribution in [0.2, 0.25) is 0 Å². The van der Waals surface area contributed by atoms with Crippen LogP contribution in [0.4, 0.5) is 5.95 Å². The van der Waals surface area contributed by atoms with Gasteiger partial charge in [-0.3, -0.25) is 9.36 Å². The molecule has 0 fully saturated rings. The molecule has 2 N–H and O–H groups in total. The second-order valence-electron chi connectivity index (χ2n) is 6.98. The van der Waals surface area contributed by atoms with Crippen molar-refractivity contribution in [2.45, 2.75) is 19.4 Å². The van der Waals surface area contributed by atoms with E-state index in [1.807, 2.05) is 42.5 Å². The third-order valence-electron chi connectivity index (χ3n) is 4.96. The lowest BCUT2D eigenvalue weighted by Gasteiger charge is -2.11. The third kappa shape index (κ3) is 4.15. The number of benzene rings is 2. The summed E-state index contributed by atoms with van der Waals surface area (Å²) in [7, 11) is 0. The number of rotatable bonds is 6. The maximum absolute atomic E-state index is 12.6. The minimum Gasteiger partial charge on any atom is -0.464 e. The van der Waals surface area contributed by atoms with Gasteiger partial charge >= 0.3 is 0 Å². The van der Waals surface area contributed by atoms with E-state index in [9.17, 15) is 10.1 Å². The molecule has 0 spiro atoms. The molecule has 30 heavy (non-hydrogen) atoms. The minimum atomic E-state index is -0.227. The van der Waals surface area contributed by atoms with Crippen molar-refractivity contribution >= 4 is 5.95 Å². The van der Waals surface area contributed by atoms with Crippen LogP contribution in [0.3, 0.4) is 0 Å². The van der Waals surface area contributed by atoms with Crippen molar-refractivity contribution in [3.05, 3.63) is 106 Å². The second kappa shape index (κ2) is 8.50. The van der Waals surface area contributed by atoms with Gasteiger partial charge in [-0.2, -0.15) is 5.26 Å². The molecule has 2 aromatic carbocycles. The molecule has 2 aromatic heterocycles. The molecule has 6 nitrogen and oxygen atoms in total. The van der Waals surface area contributed by atoms with Crippen molar-refractivity contribution in [3.8, 4) is 17.4 Å². The number of aryl methyl sites for hydroxylation is 2. The highest BCUT2D eigenvalue weighted by molar-refractivity contribution is 5.58. The molecule has 0 aliphatic carbocycles. The summed E-state index contributed by atoms with van der Waals surface area (Å²) < 4.78 is 6.84. The number of nitriles is 1. The number of anilines is 1. The van der Waals surface area contributed by atoms with Gasteiger partial charge in [-0.25, -0.2) is 4.98 Å². The van der Waals surface area contributed by atoms with Gasteiger partial charge in [0, 0.05) is 11.6 Å². The first-order valence-corrected chi connectivity index (χ1v) is 9.61. The Balaban J connectivity index is 1.51. The Morgan fingerprint density at radius 3 is 2.67 bits per heavy atom. The molecule has 148 valence electrons. The van der Waals surface area contributed by atoms with Crippen LogP contribution in [0.1, 0.15) is 22.4 Å². The zero-order valence-corrected chi connectivity index (χ0v) is 16.3. The van der Waals surface area contributed by atoms with E-state index in [0.717, 1.165) is 28.9 Å². The lowest BCUT2D eigenvalue weighted by molar-refractivity contribution is 0.582. The summed E-state index contributed by atoms with van der Waals surface area (Å²) in [5.41, 5.74) is 9.88. The fourth-order valence-electron chi connectivity index (χ4n) is 3.39. The van der Waals surface area contributed by atoms with Crippen LogP contribution >= 0.6 is 0 Å². The molecule has 0 aliphatic heterocycles. The van der Waals surface area contributed by atoms with E-state index in [2.05, 4.69) is 17.1 Å². The number of nitrogen functional groups attached to an aromatic ring is 1. The Morgan fingerprint density at radius 1 is 1.03 bits per heavy atom. The van der Waals surface area contributed by atoms with E-state index < -0.39 is 0 Å². The first-order chi connectivity index (χ1) is 14.6. The maximum Gasteiger partial charge on any atom is 0.255 e. The van der Waals surface area contributed by atoms with E-state index >= 15 is 0 Å². The lowest BCUT2D eigenvalue weighted by Crippen LogP contribution is -2.25. The number of furan rings is 1. The van der Waals surface area contributed by atoms with Crippen LogP contribution in [-0.2, 0) is 19.4 Å². The fourth-order valence-corrected chi connectivity index (χ4v) is 3.39. The van der Waals surface area contributed by atoms with Crippen LogP contribution in [0.5, 0.6) is 0 Å². The maximum atomic E-state index is 12.6. The molecule has 6 heteroatoms. The van der Waals surface area contributed by atoms with Gasteiger partial charge in [0.15, 0.2) is 0 Å². The molecule has 0 aliphatic rings. The van der Waals surface area contributed by atoms with Gasteiger partial charge in [0.1, 0.15) is 5.76 Å². The van der Waals surface area contributed by atoms with Crippen molar-refractivity contribution in [3.63, 3.8) is 0 Å². The van der Waals surface area contributed by atoms with Crippen molar-refractivity contribution < 1.29 is 4.42 Å². The molecule has 0 saturated heterocycles. The number of nitrogens with zero attached hydrogens (tertiary/aromatic N) is 3. The second-order valence-corrected chi connectivity index (χ2v) is 6.98. The van der Waals surface area contributed by atoms with E-state index in [0.29, 0.717) is 17.7 Å². The van der Waals surface area contributed by atoms with E-state index in [1.54, 1.807) is 18.4 Å². The van der Waals surface area contributed by atoms with Gasteiger partial charge in [0.2, 0.25) is 5.95 Å². The molecule has 0 unspecified atom stereocenters. The van der Waals surface area contributed by atoms with Crippen molar-refractivity contribution in [2.24, 2.45) is 0 Å². The average molecular weight is 396 g/mol. The number of aromatic nitrogens is 2. The summed E-state index contributed by atoms with van der Waals surface area (Å²) in [6.45, 7) is 0.215. The smallest absolute Gasteiger partial charge is 0.255 e. The number of hydrogen-bond donors (Lipinski definition) is 1. The largest absolute Gasteiger partial charge is 0.464 e. The van der Waals surface area contributed by atoms with Gasteiger partial charge in [-0.15, -0.1) is 0 Å². The Kier molecular flexibility index (Phi) is 5.44. The quantitative estimate of drug-likeness (QED) is 0.535. The van der Waals surface area contributed by atoms with Crippen molar-refractivity contribution in [2.75, 3.05) is 5.73 Å². The normalized spacial score (nSPS) is 10.6. The Labute approximate surface area is 173 Å². The monoisotopic (exact) mass is 396 g/mol. The van der Waals surface area contributed by atoms with E-state index in [-0.39, 0.29) is 18.1 Å². The van der Waals surface area contributed by atoms with Crippen LogP contribution in [0.25, 0.3) is 11.3 Å². The van der Waals surface area contributed by atoms with Crippen LogP contribution in [0.15, 0.2) is 82.2 Å². The lowest BCUT2D eigenvalue weighted by atomic mass is 10.0. The van der Waals surface area contributed by atoms with Crippen molar-refractivity contribution in [1.82, 2.24) is 9.55 Å². The van der Waals surface area contributed by atoms with Gasteiger partial charge in [0.05, 0.1) is 30.1 Å². The molecular weight excluding hydrogens is 376 g/mol. The first kappa shape index (κ1) is 19.2. The summed E-state index contributed by atoms with van der Waals surface area (Å²) in [4.78, 5) is 17.0. The molecule has 0 bridgehead atoms. The molecule has 0 saturated carbocycles. The molecule has 0 amide bonds. The summed E-state index contributed by atoms with van der Waals surface area (Å²) in [6.07, 6.45) is 2.97. The Morgan fingerprint density at radius 2 is 1.90 bits per heavy atom. The minimum absolute atomic E-state index is 0.148. The SMILES string of the molecule is N#Cc1ccccc1Cn1c(N)nc(CCc2cccc(-c3ccco3)c2)cc1=O. The first-order valence-electron chi connectivity index (χ1n) is 9.61. The van der Waals surface area contributed by atoms with E-state index in [4.69, 9.17) is 10.2 Å². The van der Waals surface area contributed by atoms with E-state index in [1.165, 1.54) is 10.6 Å². The van der Waals surface area contributed by atoms with Gasteiger partial charge < -0.3 is 10.2 Å². The summed E-state index contributed by atoms with van der Waals surface area (Å²) in [5, 5.41) is 9.25. The predicted octanol–water partition coefficient (Wildman–Crippen LogP) is 3.79. The average Bonchev–Trinajstić information content (AvgIpc) is 3.30. The molecule has 4 aromatic rings. The highest BCUT2D eigenvalue weighted by Gasteiger charge is 2.10. The van der Waals surface area contributed by atoms with Crippen LogP contribution in [-0.4, -0.2) is 9.55 Å². The fraction of sp³-hybridized carbons (Fsp3) is 0.125. The Bertz CT molecular complexity index is 1270. The molecular formula is C24H20N4O2. The number of nitrogens with two attached hydrogens (primary N) is 1. The molecule has 4 rings (SSSR count). The highest BCUT2D eigenvalue weighted by Crippen LogP contribution is 2.21. The van der Waals surface area contributed by atoms with Gasteiger partial charge in [0.25, 0.3) is 5.56 Å². The van der Waals surface area contributed by atoms with Gasteiger partial charge in [-0.1, -0.05) is 36.4 Å². The highest BCUT2D eigenvalue weighted by atomic mass is 16.3. The predicted molar refractivity (Wildman–Crippen MR) is 115 cm³/mol. The molecule has 0 radical (unpaired) electrons. The number of hydrogen-bond acceptors (Lipinski definition) is 5. The zero-order chi connectivity index (χ0) is 20.9. The summed E-state index contributed by atoms with van der Waals surface area (Å²) in [6, 6.07) is 22.7. The standard InChI is InChI=1S/C24H20N4O2/c25-15-19-6-1-2-7-20(19)16-28-23(29)14-21(27-24(28)26)11-10-17-5-3-8-18(13-17)22-9-4-12-30-22/h1-9,12-14H,10-11,16H2,(H2,26,27). The summed E-state index contributed by atoms with van der Waals surface area (Å²) in [5.74, 6) is 0.967. The van der Waals surface area contributed by atoms with Crippen molar-refractivity contribution in [1.29, 1.82) is 5.26 Å². The Hall–Kier alpha value is -4.11. The third-order valence-corrected chi connectivity index (χ3v) is 4.96. The molecule has 0 atom stereocenters. The van der Waals surface area contributed by atoms with Gasteiger partial charge in [-0.05, 0) is 48.2 Å². The summed E-state index contributed by atoms with van der Waals surface area (Å²) >= 11 is 0. The zero-order valence-electron chi connectivity index (χ0n) is 16.3. The molecule has 2 heterocycles. The topological polar surface area (TPSA) is 97.8 Å². The van der Waals surface area contributed by atoms with Crippen LogP contribution < -0.4 is 11.3 Å². The van der Waals surface area contributed by atoms with Crippen LogP contribution in [0, 0.1) is 11.3 Å².